The van der Waals surface area contributed by atoms with Crippen molar-refractivity contribution in [1.29, 1.82) is 0 Å². The number of aliphatic hydroxyl groups is 1. The lowest BCUT2D eigenvalue weighted by Crippen LogP contribution is -2.48. The maximum atomic E-state index is 12.6. The summed E-state index contributed by atoms with van der Waals surface area (Å²) in [5, 5.41) is 12.4. The Balaban J connectivity index is 1.83. The minimum Gasteiger partial charge on any atom is -0.393 e. The first-order valence-electron chi connectivity index (χ1n) is 7.55. The number of nitrogens with zero attached hydrogens (tertiary/aromatic N) is 1. The van der Waals surface area contributed by atoms with Crippen molar-refractivity contribution in [2.75, 3.05) is 12.4 Å². The number of rotatable bonds is 4. The second kappa shape index (κ2) is 5.37. The Morgan fingerprint density at radius 1 is 1.41 bits per heavy atom. The molecule has 2 N–H and O–H groups in total. The molecule has 1 spiro atoms. The van der Waals surface area contributed by atoms with Gasteiger partial charge >= 0.3 is 0 Å². The van der Waals surface area contributed by atoms with E-state index in [9.17, 15) is 14.7 Å². The molecule has 2 aliphatic heterocycles. The van der Waals surface area contributed by atoms with Crippen molar-refractivity contribution in [3.63, 3.8) is 0 Å². The molecule has 0 aromatic heterocycles. The van der Waals surface area contributed by atoms with Crippen LogP contribution in [0.1, 0.15) is 36.5 Å². The highest BCUT2D eigenvalue weighted by atomic mass is 16.6. The van der Waals surface area contributed by atoms with Gasteiger partial charge in [-0.1, -0.05) is 19.1 Å². The van der Waals surface area contributed by atoms with Gasteiger partial charge in [-0.2, -0.15) is 0 Å². The topological polar surface area (TPSA) is 82.2 Å². The van der Waals surface area contributed by atoms with Crippen LogP contribution >= 0.6 is 0 Å². The van der Waals surface area contributed by atoms with Crippen molar-refractivity contribution in [2.24, 2.45) is 0 Å². The molecule has 1 fully saturated rings. The number of amides is 2. The molecule has 118 valence electrons. The van der Waals surface area contributed by atoms with E-state index in [4.69, 9.17) is 4.74 Å². The van der Waals surface area contributed by atoms with Crippen molar-refractivity contribution in [3.05, 3.63) is 29.8 Å². The molecule has 3 atom stereocenters. The fourth-order valence-electron chi connectivity index (χ4n) is 2.95. The largest absolute Gasteiger partial charge is 0.393 e. The summed E-state index contributed by atoms with van der Waals surface area (Å²) in [4.78, 5) is 26.5. The Morgan fingerprint density at radius 3 is 2.86 bits per heavy atom. The highest BCUT2D eigenvalue weighted by Crippen LogP contribution is 2.45. The number of carbonyl (C=O) groups excluding carboxylic acids is 2. The smallest absolute Gasteiger partial charge is 0.280 e. The predicted octanol–water partition coefficient (Wildman–Crippen LogP) is 1.36. The van der Waals surface area contributed by atoms with Crippen LogP contribution in [0.25, 0.3) is 0 Å². The molecule has 1 saturated heterocycles. The molecule has 0 saturated carbocycles. The summed E-state index contributed by atoms with van der Waals surface area (Å²) in [5.74, 6) is -0.572. The highest BCUT2D eigenvalue weighted by Gasteiger charge is 2.67. The normalized spacial score (nSPS) is 28.1. The highest BCUT2D eigenvalue weighted by molar-refractivity contribution is 6.12. The number of ether oxygens (including phenoxy) is 1. The van der Waals surface area contributed by atoms with E-state index >= 15 is 0 Å². The lowest BCUT2D eigenvalue weighted by atomic mass is 10.0. The van der Waals surface area contributed by atoms with Crippen LogP contribution in [-0.4, -0.2) is 46.8 Å². The van der Waals surface area contributed by atoms with Gasteiger partial charge in [0.25, 0.3) is 17.5 Å². The summed E-state index contributed by atoms with van der Waals surface area (Å²) in [5.41, 5.74) is -0.286. The Bertz CT molecular complexity index is 618. The van der Waals surface area contributed by atoms with Gasteiger partial charge in [0.2, 0.25) is 0 Å². The molecular formula is C16H20N2O4. The van der Waals surface area contributed by atoms with Crippen LogP contribution in [0.15, 0.2) is 24.3 Å². The molecule has 1 aromatic rings. The molecule has 6 nitrogen and oxygen atoms in total. The minimum absolute atomic E-state index is 0.243. The first-order valence-corrected chi connectivity index (χ1v) is 7.55. The predicted molar refractivity (Wildman–Crippen MR) is 80.3 cm³/mol. The van der Waals surface area contributed by atoms with Crippen LogP contribution < -0.4 is 5.32 Å². The SMILES string of the molecule is CCC(O)CCC1OC12C(=O)Nc1ccccc1C(=O)N2C. The third kappa shape index (κ3) is 2.19. The standard InChI is InChI=1S/C16H20N2O4/c1-3-10(19)8-9-13-16(22-13)15(21)17-12-7-5-4-6-11(12)14(20)18(16)2/h4-7,10,13,19H,3,8-9H2,1-2H3,(H,17,21). The van der Waals surface area contributed by atoms with E-state index in [0.29, 0.717) is 30.5 Å². The molecule has 3 rings (SSSR count). The number of benzene rings is 1. The van der Waals surface area contributed by atoms with Gasteiger partial charge in [0, 0.05) is 7.05 Å². The molecular weight excluding hydrogens is 284 g/mol. The second-order valence-corrected chi connectivity index (χ2v) is 5.81. The van der Waals surface area contributed by atoms with E-state index in [2.05, 4.69) is 5.32 Å². The van der Waals surface area contributed by atoms with Crippen molar-refractivity contribution in [1.82, 2.24) is 4.90 Å². The number of anilines is 1. The van der Waals surface area contributed by atoms with Crippen LogP contribution in [0.2, 0.25) is 0 Å². The fraction of sp³-hybridized carbons (Fsp3) is 0.500. The molecule has 3 unspecified atom stereocenters. The van der Waals surface area contributed by atoms with Crippen LogP contribution in [0.4, 0.5) is 5.69 Å². The monoisotopic (exact) mass is 304 g/mol. The van der Waals surface area contributed by atoms with Gasteiger partial charge in [0.1, 0.15) is 6.10 Å². The van der Waals surface area contributed by atoms with Gasteiger partial charge in [0.05, 0.1) is 17.4 Å². The van der Waals surface area contributed by atoms with Gasteiger partial charge in [-0.25, -0.2) is 0 Å². The number of likely N-dealkylation sites (N-methyl/N-ethyl adjacent to an activating group) is 1. The molecule has 0 radical (unpaired) electrons. The average Bonchev–Trinajstić information content (AvgIpc) is 3.27. The summed E-state index contributed by atoms with van der Waals surface area (Å²) in [6, 6.07) is 6.92. The van der Waals surface area contributed by atoms with E-state index in [0.717, 1.165) is 0 Å². The molecule has 2 aliphatic rings. The number of hydrogen-bond acceptors (Lipinski definition) is 4. The number of fused-ring (bicyclic) bond motifs is 1. The third-order valence-electron chi connectivity index (χ3n) is 4.47. The minimum atomic E-state index is -1.25. The zero-order valence-electron chi connectivity index (χ0n) is 12.7. The molecule has 1 aromatic carbocycles. The zero-order chi connectivity index (χ0) is 15.9. The summed E-state index contributed by atoms with van der Waals surface area (Å²) in [7, 11) is 1.58. The van der Waals surface area contributed by atoms with Crippen molar-refractivity contribution in [2.45, 2.75) is 44.1 Å². The Kier molecular flexibility index (Phi) is 3.66. The van der Waals surface area contributed by atoms with Crippen LogP contribution in [0.5, 0.6) is 0 Å². The van der Waals surface area contributed by atoms with Crippen LogP contribution in [0.3, 0.4) is 0 Å². The summed E-state index contributed by atoms with van der Waals surface area (Å²) >= 11 is 0. The number of carbonyl (C=O) groups is 2. The van der Waals surface area contributed by atoms with E-state index in [1.165, 1.54) is 4.90 Å². The van der Waals surface area contributed by atoms with Crippen LogP contribution in [0, 0.1) is 0 Å². The van der Waals surface area contributed by atoms with Crippen molar-refractivity contribution < 1.29 is 19.4 Å². The first kappa shape index (κ1) is 15.0. The number of aliphatic hydroxyl groups excluding tert-OH is 1. The summed E-state index contributed by atoms with van der Waals surface area (Å²) in [6.45, 7) is 1.90. The third-order valence-corrected chi connectivity index (χ3v) is 4.47. The van der Waals surface area contributed by atoms with Gasteiger partial charge in [-0.15, -0.1) is 0 Å². The molecule has 2 amide bonds. The van der Waals surface area contributed by atoms with Gasteiger partial charge in [0.15, 0.2) is 0 Å². The summed E-state index contributed by atoms with van der Waals surface area (Å²) in [6.07, 6.45) is 0.957. The fourth-order valence-corrected chi connectivity index (χ4v) is 2.95. The molecule has 0 aliphatic carbocycles. The van der Waals surface area contributed by atoms with E-state index in [-0.39, 0.29) is 17.9 Å². The lowest BCUT2D eigenvalue weighted by molar-refractivity contribution is -0.125. The van der Waals surface area contributed by atoms with E-state index in [1.54, 1.807) is 31.3 Å². The molecule has 0 bridgehead atoms. The second-order valence-electron chi connectivity index (χ2n) is 5.81. The molecule has 2 heterocycles. The van der Waals surface area contributed by atoms with Gasteiger partial charge in [-0.05, 0) is 31.4 Å². The Hall–Kier alpha value is -1.92. The average molecular weight is 304 g/mol. The number of nitrogens with one attached hydrogen (secondary N) is 1. The molecule has 6 heteroatoms. The Morgan fingerprint density at radius 2 is 2.14 bits per heavy atom. The maximum absolute atomic E-state index is 12.6. The lowest BCUT2D eigenvalue weighted by Gasteiger charge is -2.21. The van der Waals surface area contributed by atoms with Crippen molar-refractivity contribution in [3.8, 4) is 0 Å². The summed E-state index contributed by atoms with van der Waals surface area (Å²) < 4.78 is 5.63. The van der Waals surface area contributed by atoms with Gasteiger partial charge < -0.3 is 20.1 Å². The number of hydrogen-bond donors (Lipinski definition) is 2. The van der Waals surface area contributed by atoms with E-state index < -0.39 is 11.8 Å². The van der Waals surface area contributed by atoms with Gasteiger partial charge in [-0.3, -0.25) is 9.59 Å². The maximum Gasteiger partial charge on any atom is 0.280 e. The Labute approximate surface area is 129 Å². The molecule has 22 heavy (non-hydrogen) atoms. The van der Waals surface area contributed by atoms with Crippen molar-refractivity contribution >= 4 is 17.5 Å². The van der Waals surface area contributed by atoms with E-state index in [1.807, 2.05) is 6.92 Å². The first-order chi connectivity index (χ1) is 10.5. The quantitative estimate of drug-likeness (QED) is 0.823. The van der Waals surface area contributed by atoms with Crippen LogP contribution in [-0.2, 0) is 9.53 Å². The number of para-hydroxylation sites is 1. The zero-order valence-corrected chi connectivity index (χ0v) is 12.7. The number of epoxide rings is 1.